The molecule has 8 nitrogen and oxygen atoms in total. The van der Waals surface area contributed by atoms with E-state index in [0.717, 1.165) is 36.0 Å². The molecule has 3 aromatic rings. The van der Waals surface area contributed by atoms with E-state index in [-0.39, 0.29) is 55.9 Å². The average Bonchev–Trinajstić information content (AvgIpc) is 3.13. The van der Waals surface area contributed by atoms with Crippen LogP contribution in [-0.4, -0.2) is 48.9 Å². The fraction of sp³-hybridized carbons (Fsp3) is 0.111. The maximum absolute atomic E-state index is 13.8. The van der Waals surface area contributed by atoms with E-state index < -0.39 is 35.2 Å². The molecule has 1 aliphatic heterocycles. The lowest BCUT2D eigenvalue weighted by molar-refractivity contribution is -0.122. The summed E-state index contributed by atoms with van der Waals surface area (Å²) in [6, 6.07) is 10.1. The first-order valence-electron chi connectivity index (χ1n) is 11.3. The number of carboxylic acid groups (broad SMARTS) is 1. The summed E-state index contributed by atoms with van der Waals surface area (Å²) in [5.74, 6) is -5.10. The van der Waals surface area contributed by atoms with Gasteiger partial charge in [0.25, 0.3) is 5.91 Å². The highest BCUT2D eigenvalue weighted by molar-refractivity contribution is 8.26. The highest BCUT2D eigenvalue weighted by Crippen LogP contribution is 2.39. The zero-order valence-electron chi connectivity index (χ0n) is 20.2. The van der Waals surface area contributed by atoms with Crippen molar-refractivity contribution in [3.05, 3.63) is 81.8 Å². The maximum Gasteiger partial charge on any atom is 0.339 e. The Morgan fingerprint density at radius 3 is 2.49 bits per heavy atom. The predicted octanol–water partition coefficient (Wildman–Crippen LogP) is 5.28. The summed E-state index contributed by atoms with van der Waals surface area (Å²) >= 11 is 6.29. The number of halogens is 2. The van der Waals surface area contributed by atoms with Gasteiger partial charge in [-0.15, -0.1) is 0 Å². The third-order valence-electron chi connectivity index (χ3n) is 5.75. The summed E-state index contributed by atoms with van der Waals surface area (Å²) in [5, 5.41) is 32.1. The highest BCUT2D eigenvalue weighted by Gasteiger charge is 2.32. The molecule has 200 valence electrons. The molecule has 1 heterocycles. The molecule has 4 N–H and O–H groups in total. The molecular formula is C27H20F2N2O6S2. The van der Waals surface area contributed by atoms with Crippen molar-refractivity contribution in [2.75, 3.05) is 11.9 Å². The van der Waals surface area contributed by atoms with Crippen molar-refractivity contribution in [2.24, 2.45) is 0 Å². The molecule has 0 atom stereocenters. The molecule has 0 aliphatic carbocycles. The van der Waals surface area contributed by atoms with Crippen LogP contribution in [0.25, 0.3) is 17.2 Å². The van der Waals surface area contributed by atoms with Crippen molar-refractivity contribution >= 4 is 57.8 Å². The zero-order valence-corrected chi connectivity index (χ0v) is 21.8. The van der Waals surface area contributed by atoms with E-state index in [1.807, 2.05) is 0 Å². The Labute approximate surface area is 230 Å². The van der Waals surface area contributed by atoms with Crippen LogP contribution in [0.5, 0.6) is 11.5 Å². The lowest BCUT2D eigenvalue weighted by Crippen LogP contribution is -2.31. The third kappa shape index (κ3) is 6.07. The Bertz CT molecular complexity index is 1570. The Hall–Kier alpha value is -4.29. The van der Waals surface area contributed by atoms with E-state index in [4.69, 9.17) is 17.3 Å². The molecular weight excluding hydrogens is 550 g/mol. The lowest BCUT2D eigenvalue weighted by Gasteiger charge is -2.14. The van der Waals surface area contributed by atoms with E-state index in [1.165, 1.54) is 23.1 Å². The number of rotatable bonds is 7. The van der Waals surface area contributed by atoms with Crippen molar-refractivity contribution < 1.29 is 38.5 Å². The van der Waals surface area contributed by atoms with Gasteiger partial charge in [-0.2, -0.15) is 0 Å². The van der Waals surface area contributed by atoms with Gasteiger partial charge in [0.05, 0.1) is 4.91 Å². The number of carbonyl (C=O) groups excluding carboxylic acids is 2. The normalized spacial score (nSPS) is 14.2. The number of aromatic carboxylic acids is 1. The SMILES string of the molecule is Cc1cc(C=C2SC(=S)N(CCC(=O)Nc3ccc(C(=O)O)c(O)c3)C2=O)c(O)c(-c2ccc(F)c(F)c2)c1. The topological polar surface area (TPSA) is 127 Å². The standard InChI is InChI=1S/C27H20F2N2O6S2/c1-13-8-15(24(34)18(9-13)14-2-5-19(28)20(29)10-14)11-22-25(35)31(27(38)39-22)7-6-23(33)30-16-3-4-17(26(36)37)21(32)12-16/h2-5,8-12,32,34H,6-7H2,1H3,(H,30,33)(H,36,37). The number of amides is 2. The number of carbonyl (C=O) groups is 3. The fourth-order valence-electron chi connectivity index (χ4n) is 3.86. The van der Waals surface area contributed by atoms with Crippen LogP contribution in [0, 0.1) is 18.6 Å². The smallest absolute Gasteiger partial charge is 0.339 e. The van der Waals surface area contributed by atoms with Gasteiger partial charge in [0, 0.05) is 35.8 Å². The first-order chi connectivity index (χ1) is 18.4. The monoisotopic (exact) mass is 570 g/mol. The van der Waals surface area contributed by atoms with Crippen LogP contribution in [0.2, 0.25) is 0 Å². The number of aryl methyl sites for hydroxylation is 1. The summed E-state index contributed by atoms with van der Waals surface area (Å²) in [7, 11) is 0. The van der Waals surface area contributed by atoms with Crippen LogP contribution >= 0.6 is 24.0 Å². The van der Waals surface area contributed by atoms with Gasteiger partial charge in [-0.05, 0) is 60.5 Å². The largest absolute Gasteiger partial charge is 0.507 e. The second-order valence-corrected chi connectivity index (χ2v) is 10.2. The number of anilines is 1. The first-order valence-corrected chi connectivity index (χ1v) is 12.6. The van der Waals surface area contributed by atoms with Crippen molar-refractivity contribution in [2.45, 2.75) is 13.3 Å². The quantitative estimate of drug-likeness (QED) is 0.223. The highest BCUT2D eigenvalue weighted by atomic mass is 32.2. The van der Waals surface area contributed by atoms with E-state index >= 15 is 0 Å². The molecule has 0 radical (unpaired) electrons. The first kappa shape index (κ1) is 27.7. The number of thiocarbonyl (C=S) groups is 1. The number of nitrogens with zero attached hydrogens (tertiary/aromatic N) is 1. The van der Waals surface area contributed by atoms with Crippen LogP contribution in [0.3, 0.4) is 0 Å². The summed E-state index contributed by atoms with van der Waals surface area (Å²) < 4.78 is 27.4. The second-order valence-electron chi connectivity index (χ2n) is 8.55. The Kier molecular flexibility index (Phi) is 7.98. The summed E-state index contributed by atoms with van der Waals surface area (Å²) in [4.78, 5) is 37.9. The lowest BCUT2D eigenvalue weighted by atomic mass is 9.98. The molecule has 12 heteroatoms. The molecule has 1 saturated heterocycles. The van der Waals surface area contributed by atoms with E-state index in [2.05, 4.69) is 5.32 Å². The predicted molar refractivity (Wildman–Crippen MR) is 146 cm³/mol. The molecule has 0 spiro atoms. The van der Waals surface area contributed by atoms with Crippen LogP contribution in [-0.2, 0) is 9.59 Å². The molecule has 0 unspecified atom stereocenters. The van der Waals surface area contributed by atoms with Crippen LogP contribution in [0.4, 0.5) is 14.5 Å². The maximum atomic E-state index is 13.8. The van der Waals surface area contributed by atoms with Gasteiger partial charge in [-0.3, -0.25) is 14.5 Å². The molecule has 4 rings (SSSR count). The number of phenolic OH excluding ortho intramolecular Hbond substituents is 1. The number of thioether (sulfide) groups is 1. The van der Waals surface area contributed by atoms with Crippen molar-refractivity contribution in [1.29, 1.82) is 0 Å². The van der Waals surface area contributed by atoms with Crippen molar-refractivity contribution in [3.63, 3.8) is 0 Å². The average molecular weight is 571 g/mol. The molecule has 0 aromatic heterocycles. The number of carboxylic acids is 1. The second kappa shape index (κ2) is 11.2. The summed E-state index contributed by atoms with van der Waals surface area (Å²) in [5.41, 5.74) is 1.36. The fourth-order valence-corrected chi connectivity index (χ4v) is 5.16. The Balaban J connectivity index is 1.48. The van der Waals surface area contributed by atoms with Crippen molar-refractivity contribution in [1.82, 2.24) is 4.90 Å². The number of benzene rings is 3. The molecule has 1 fully saturated rings. The molecule has 0 bridgehead atoms. The Morgan fingerprint density at radius 1 is 1.08 bits per heavy atom. The molecule has 1 aliphatic rings. The minimum absolute atomic E-state index is 0.0487. The Morgan fingerprint density at radius 2 is 1.82 bits per heavy atom. The molecule has 0 saturated carbocycles. The third-order valence-corrected chi connectivity index (χ3v) is 7.13. The number of hydrogen-bond donors (Lipinski definition) is 4. The van der Waals surface area contributed by atoms with Gasteiger partial charge >= 0.3 is 5.97 Å². The van der Waals surface area contributed by atoms with E-state index in [0.29, 0.717) is 5.56 Å². The number of nitrogens with one attached hydrogen (secondary N) is 1. The van der Waals surface area contributed by atoms with Crippen LogP contribution < -0.4 is 5.32 Å². The van der Waals surface area contributed by atoms with E-state index in [1.54, 1.807) is 19.1 Å². The minimum atomic E-state index is -1.31. The number of phenols is 2. The van der Waals surface area contributed by atoms with Gasteiger partial charge < -0.3 is 20.6 Å². The van der Waals surface area contributed by atoms with Gasteiger partial charge in [0.2, 0.25) is 5.91 Å². The molecule has 2 amide bonds. The minimum Gasteiger partial charge on any atom is -0.507 e. The number of hydrogen-bond acceptors (Lipinski definition) is 7. The van der Waals surface area contributed by atoms with Crippen molar-refractivity contribution in [3.8, 4) is 22.6 Å². The summed E-state index contributed by atoms with van der Waals surface area (Å²) in [6.07, 6.45) is 1.30. The number of aromatic hydroxyl groups is 2. The van der Waals surface area contributed by atoms with E-state index in [9.17, 15) is 33.4 Å². The summed E-state index contributed by atoms with van der Waals surface area (Å²) in [6.45, 7) is 1.70. The van der Waals surface area contributed by atoms with Gasteiger partial charge in [-0.1, -0.05) is 30.0 Å². The van der Waals surface area contributed by atoms with Crippen LogP contribution in [0.15, 0.2) is 53.4 Å². The van der Waals surface area contributed by atoms with Gasteiger partial charge in [0.15, 0.2) is 11.6 Å². The molecule has 3 aromatic carbocycles. The van der Waals surface area contributed by atoms with Crippen LogP contribution in [0.1, 0.15) is 27.9 Å². The zero-order chi connectivity index (χ0) is 28.4. The molecule has 39 heavy (non-hydrogen) atoms. The van der Waals surface area contributed by atoms with Gasteiger partial charge in [0.1, 0.15) is 21.4 Å². The van der Waals surface area contributed by atoms with Gasteiger partial charge in [-0.25, -0.2) is 13.6 Å².